The van der Waals surface area contributed by atoms with Crippen LogP contribution in [0.1, 0.15) is 40.5 Å². The molecule has 0 saturated heterocycles. The van der Waals surface area contributed by atoms with Crippen molar-refractivity contribution in [2.45, 2.75) is 32.5 Å². The fraction of sp³-hybridized carbons (Fsp3) is 0.333. The lowest BCUT2D eigenvalue weighted by molar-refractivity contribution is 0.0933. The molecule has 30 heavy (non-hydrogen) atoms. The number of pyridine rings is 1. The lowest BCUT2D eigenvalue weighted by atomic mass is 10.1. The highest BCUT2D eigenvalue weighted by Gasteiger charge is 2.24. The predicted octanol–water partition coefficient (Wildman–Crippen LogP) is 2.50. The SMILES string of the molecule is CC(NC(=O)c1cc(F)ccc1F)c1nnc2n1CCN(Cc1cccnc1)CC2. The maximum atomic E-state index is 13.9. The van der Waals surface area contributed by atoms with Crippen molar-refractivity contribution in [2.75, 3.05) is 13.1 Å². The van der Waals surface area contributed by atoms with Crippen LogP contribution in [0.2, 0.25) is 0 Å². The summed E-state index contributed by atoms with van der Waals surface area (Å²) in [5.74, 6) is -0.690. The molecule has 7 nitrogen and oxygen atoms in total. The lowest BCUT2D eigenvalue weighted by Gasteiger charge is -2.20. The third-order valence-corrected chi connectivity index (χ3v) is 5.18. The van der Waals surface area contributed by atoms with Gasteiger partial charge in [0, 0.05) is 45.0 Å². The van der Waals surface area contributed by atoms with E-state index in [1.807, 2.05) is 22.9 Å². The Balaban J connectivity index is 1.44. The van der Waals surface area contributed by atoms with Gasteiger partial charge >= 0.3 is 0 Å². The second kappa shape index (κ2) is 8.66. The van der Waals surface area contributed by atoms with Crippen LogP contribution in [0.4, 0.5) is 8.78 Å². The third-order valence-electron chi connectivity index (χ3n) is 5.18. The number of nitrogens with zero attached hydrogens (tertiary/aromatic N) is 5. The van der Waals surface area contributed by atoms with Crippen LogP contribution >= 0.6 is 0 Å². The zero-order valence-electron chi connectivity index (χ0n) is 16.6. The molecular weight excluding hydrogens is 390 g/mol. The first-order valence-corrected chi connectivity index (χ1v) is 9.80. The van der Waals surface area contributed by atoms with E-state index in [0.717, 1.165) is 55.6 Å². The van der Waals surface area contributed by atoms with Crippen LogP contribution < -0.4 is 5.32 Å². The summed E-state index contributed by atoms with van der Waals surface area (Å²) in [5, 5.41) is 11.2. The highest BCUT2D eigenvalue weighted by molar-refractivity contribution is 5.94. The van der Waals surface area contributed by atoms with Crippen LogP contribution in [0.15, 0.2) is 42.7 Å². The van der Waals surface area contributed by atoms with Crippen molar-refractivity contribution in [3.8, 4) is 0 Å². The zero-order chi connectivity index (χ0) is 21.1. The van der Waals surface area contributed by atoms with E-state index < -0.39 is 23.6 Å². The second-order valence-electron chi connectivity index (χ2n) is 7.33. The molecule has 3 heterocycles. The predicted molar refractivity (Wildman–Crippen MR) is 105 cm³/mol. The van der Waals surface area contributed by atoms with E-state index in [-0.39, 0.29) is 5.56 Å². The Morgan fingerprint density at radius 2 is 2.07 bits per heavy atom. The van der Waals surface area contributed by atoms with Gasteiger partial charge in [-0.05, 0) is 36.8 Å². The molecule has 3 aromatic rings. The molecule has 0 radical (unpaired) electrons. The fourth-order valence-corrected chi connectivity index (χ4v) is 3.63. The molecule has 0 fully saturated rings. The van der Waals surface area contributed by atoms with Gasteiger partial charge in [-0.15, -0.1) is 10.2 Å². The van der Waals surface area contributed by atoms with E-state index in [4.69, 9.17) is 0 Å². The Labute approximate surface area is 172 Å². The number of rotatable bonds is 5. The van der Waals surface area contributed by atoms with E-state index in [2.05, 4.69) is 25.4 Å². The summed E-state index contributed by atoms with van der Waals surface area (Å²) >= 11 is 0. The van der Waals surface area contributed by atoms with Crippen LogP contribution in [-0.2, 0) is 19.5 Å². The van der Waals surface area contributed by atoms with Crippen molar-refractivity contribution in [3.63, 3.8) is 0 Å². The number of aromatic nitrogens is 4. The molecule has 1 atom stereocenters. The van der Waals surface area contributed by atoms with Gasteiger partial charge in [-0.3, -0.25) is 14.7 Å². The maximum absolute atomic E-state index is 13.9. The molecule has 9 heteroatoms. The van der Waals surface area contributed by atoms with Gasteiger partial charge in [0.15, 0.2) is 5.82 Å². The van der Waals surface area contributed by atoms with Gasteiger partial charge in [-0.1, -0.05) is 6.07 Å². The quantitative estimate of drug-likeness (QED) is 0.697. The molecule has 1 aliphatic rings. The average molecular weight is 412 g/mol. The summed E-state index contributed by atoms with van der Waals surface area (Å²) < 4.78 is 29.3. The van der Waals surface area contributed by atoms with Crippen molar-refractivity contribution in [1.82, 2.24) is 30.0 Å². The first kappa shape index (κ1) is 20.1. The molecule has 0 bridgehead atoms. The van der Waals surface area contributed by atoms with Gasteiger partial charge in [0.1, 0.15) is 17.5 Å². The largest absolute Gasteiger partial charge is 0.342 e. The van der Waals surface area contributed by atoms with E-state index in [9.17, 15) is 13.6 Å². The Kier molecular flexibility index (Phi) is 5.80. The average Bonchev–Trinajstić information content (AvgIpc) is 3.05. The molecule has 1 aliphatic heterocycles. The first-order valence-electron chi connectivity index (χ1n) is 9.80. The van der Waals surface area contributed by atoms with Crippen LogP contribution in [-0.4, -0.2) is 43.6 Å². The molecule has 2 aromatic heterocycles. The normalized spacial score (nSPS) is 15.3. The fourth-order valence-electron chi connectivity index (χ4n) is 3.63. The van der Waals surface area contributed by atoms with E-state index in [1.165, 1.54) is 0 Å². The maximum Gasteiger partial charge on any atom is 0.254 e. The van der Waals surface area contributed by atoms with Gasteiger partial charge in [0.2, 0.25) is 0 Å². The minimum Gasteiger partial charge on any atom is -0.342 e. The summed E-state index contributed by atoms with van der Waals surface area (Å²) in [6, 6.07) is 6.27. The van der Waals surface area contributed by atoms with Crippen LogP contribution in [0, 0.1) is 11.6 Å². The molecule has 4 rings (SSSR count). The van der Waals surface area contributed by atoms with Crippen molar-refractivity contribution >= 4 is 5.91 Å². The Morgan fingerprint density at radius 1 is 1.20 bits per heavy atom. The first-order chi connectivity index (χ1) is 14.5. The number of hydrogen-bond acceptors (Lipinski definition) is 5. The smallest absolute Gasteiger partial charge is 0.254 e. The third kappa shape index (κ3) is 4.35. The van der Waals surface area contributed by atoms with Gasteiger partial charge < -0.3 is 9.88 Å². The summed E-state index contributed by atoms with van der Waals surface area (Å²) in [5.41, 5.74) is 0.813. The minimum absolute atomic E-state index is 0.333. The minimum atomic E-state index is -0.771. The summed E-state index contributed by atoms with van der Waals surface area (Å²) in [6.07, 6.45) is 4.34. The molecule has 1 aromatic carbocycles. The second-order valence-corrected chi connectivity index (χ2v) is 7.33. The van der Waals surface area contributed by atoms with Crippen molar-refractivity contribution in [1.29, 1.82) is 0 Å². The number of nitrogens with one attached hydrogen (secondary N) is 1. The topological polar surface area (TPSA) is 75.9 Å². The summed E-state index contributed by atoms with van der Waals surface area (Å²) in [4.78, 5) is 18.9. The summed E-state index contributed by atoms with van der Waals surface area (Å²) in [7, 11) is 0. The van der Waals surface area contributed by atoms with Gasteiger partial charge in [0.05, 0.1) is 11.6 Å². The van der Waals surface area contributed by atoms with E-state index in [0.29, 0.717) is 12.4 Å². The van der Waals surface area contributed by atoms with Gasteiger partial charge in [-0.2, -0.15) is 0 Å². The highest BCUT2D eigenvalue weighted by Crippen LogP contribution is 2.18. The Hall–Kier alpha value is -3.20. The molecular formula is C21H22F2N6O. The van der Waals surface area contributed by atoms with Crippen LogP contribution in [0.3, 0.4) is 0 Å². The number of amides is 1. The van der Waals surface area contributed by atoms with Gasteiger partial charge in [-0.25, -0.2) is 8.78 Å². The molecule has 0 saturated carbocycles. The molecule has 1 N–H and O–H groups in total. The molecule has 0 aliphatic carbocycles. The monoisotopic (exact) mass is 412 g/mol. The number of halogens is 2. The van der Waals surface area contributed by atoms with Crippen LogP contribution in [0.5, 0.6) is 0 Å². The zero-order valence-corrected chi connectivity index (χ0v) is 16.6. The molecule has 156 valence electrons. The highest BCUT2D eigenvalue weighted by atomic mass is 19.1. The van der Waals surface area contributed by atoms with Crippen LogP contribution in [0.25, 0.3) is 0 Å². The van der Waals surface area contributed by atoms with Gasteiger partial charge in [0.25, 0.3) is 5.91 Å². The Morgan fingerprint density at radius 3 is 2.87 bits per heavy atom. The van der Waals surface area contributed by atoms with Crippen molar-refractivity contribution in [3.05, 3.63) is 77.1 Å². The number of benzene rings is 1. The van der Waals surface area contributed by atoms with E-state index in [1.54, 1.807) is 13.1 Å². The van der Waals surface area contributed by atoms with E-state index >= 15 is 0 Å². The number of hydrogen-bond donors (Lipinski definition) is 1. The Bertz CT molecular complexity index is 1040. The number of fused-ring (bicyclic) bond motifs is 1. The number of carbonyl (C=O) groups is 1. The van der Waals surface area contributed by atoms with Crippen molar-refractivity contribution < 1.29 is 13.6 Å². The lowest BCUT2D eigenvalue weighted by Crippen LogP contribution is -2.30. The molecule has 1 amide bonds. The molecule has 0 spiro atoms. The number of carbonyl (C=O) groups excluding carboxylic acids is 1. The molecule has 1 unspecified atom stereocenters. The van der Waals surface area contributed by atoms with Crippen molar-refractivity contribution in [2.24, 2.45) is 0 Å². The summed E-state index contributed by atoms with van der Waals surface area (Å²) in [6.45, 7) is 4.86. The standard InChI is InChI=1S/C21H22F2N6O/c1-14(25-21(30)17-11-16(22)4-5-18(17)23)20-27-26-19-6-8-28(9-10-29(19)20)13-15-3-2-7-24-12-15/h2-5,7,11-12,14H,6,8-10,13H2,1H3,(H,25,30).